The van der Waals surface area contributed by atoms with E-state index in [1.807, 2.05) is 24.3 Å². The average Bonchev–Trinajstić information content (AvgIpc) is 3.23. The number of rotatable bonds is 4. The fourth-order valence-corrected chi connectivity index (χ4v) is 4.27. The second kappa shape index (κ2) is 7.75. The lowest BCUT2D eigenvalue weighted by molar-refractivity contribution is 0.614. The number of hydrogen-bond acceptors (Lipinski definition) is 3. The Morgan fingerprint density at radius 2 is 1.69 bits per heavy atom. The van der Waals surface area contributed by atoms with Gasteiger partial charge in [-0.05, 0) is 59.4 Å². The zero-order chi connectivity index (χ0) is 22.4. The molecule has 3 aromatic carbocycles. The molecule has 0 saturated heterocycles. The lowest BCUT2D eigenvalue weighted by Gasteiger charge is -2.14. The van der Waals surface area contributed by atoms with Crippen LogP contribution in [0, 0.1) is 13.8 Å². The predicted octanol–water partition coefficient (Wildman–Crippen LogP) is 5.52. The summed E-state index contributed by atoms with van der Waals surface area (Å²) >= 11 is 0. The number of fused-ring (bicyclic) bond motifs is 2. The van der Waals surface area contributed by atoms with Crippen LogP contribution in [0.3, 0.4) is 0 Å². The minimum absolute atomic E-state index is 0.131. The molecule has 0 aliphatic rings. The van der Waals surface area contributed by atoms with Gasteiger partial charge in [-0.2, -0.15) is 10.2 Å². The summed E-state index contributed by atoms with van der Waals surface area (Å²) in [7, 11) is 0. The van der Waals surface area contributed by atoms with E-state index in [1.54, 1.807) is 15.6 Å². The van der Waals surface area contributed by atoms with Crippen LogP contribution in [0.1, 0.15) is 42.1 Å². The number of benzene rings is 3. The summed E-state index contributed by atoms with van der Waals surface area (Å²) in [4.78, 5) is 13.7. The third-order valence-corrected chi connectivity index (χ3v) is 6.19. The van der Waals surface area contributed by atoms with E-state index in [-0.39, 0.29) is 11.5 Å². The molecule has 0 spiro atoms. The molecule has 5 aromatic rings. The highest BCUT2D eigenvalue weighted by molar-refractivity contribution is 5.86. The molecule has 0 amide bonds. The summed E-state index contributed by atoms with van der Waals surface area (Å²) in [6, 6.07) is 20.6. The lowest BCUT2D eigenvalue weighted by atomic mass is 10.0. The van der Waals surface area contributed by atoms with Crippen molar-refractivity contribution in [2.45, 2.75) is 40.2 Å². The Bertz CT molecular complexity index is 1520. The first-order valence-corrected chi connectivity index (χ1v) is 11.0. The molecule has 5 nitrogen and oxygen atoms in total. The third kappa shape index (κ3) is 3.30. The van der Waals surface area contributed by atoms with E-state index < -0.39 is 0 Å². The minimum atomic E-state index is -0.131. The van der Waals surface area contributed by atoms with Crippen LogP contribution in [-0.4, -0.2) is 19.6 Å². The first-order chi connectivity index (χ1) is 15.4. The van der Waals surface area contributed by atoms with Crippen LogP contribution >= 0.6 is 0 Å². The molecule has 0 N–H and O–H groups in total. The molecule has 0 unspecified atom stereocenters. The zero-order valence-electron chi connectivity index (χ0n) is 18.8. The van der Waals surface area contributed by atoms with Gasteiger partial charge in [-0.25, -0.2) is 9.36 Å². The van der Waals surface area contributed by atoms with Crippen molar-refractivity contribution in [2.75, 3.05) is 0 Å². The predicted molar refractivity (Wildman–Crippen MR) is 130 cm³/mol. The molecule has 160 valence electrons. The summed E-state index contributed by atoms with van der Waals surface area (Å²) in [6.45, 7) is 8.76. The largest absolute Gasteiger partial charge is 0.293 e. The molecular formula is C27H26N4O. The van der Waals surface area contributed by atoms with Gasteiger partial charge in [-0.15, -0.1) is 0 Å². The SMILES string of the molecule is Cc1ccc(-n2ncc3c(C(C)C)nn(Cc4cccc5ccccc45)c(=O)c32)cc1C. The fourth-order valence-electron chi connectivity index (χ4n) is 4.27. The van der Waals surface area contributed by atoms with Crippen molar-refractivity contribution in [1.82, 2.24) is 19.6 Å². The van der Waals surface area contributed by atoms with Crippen molar-refractivity contribution in [3.63, 3.8) is 0 Å². The van der Waals surface area contributed by atoms with E-state index in [2.05, 4.69) is 69.2 Å². The van der Waals surface area contributed by atoms with Crippen LogP contribution < -0.4 is 5.56 Å². The first-order valence-electron chi connectivity index (χ1n) is 11.0. The van der Waals surface area contributed by atoms with E-state index in [0.717, 1.165) is 33.1 Å². The topological polar surface area (TPSA) is 52.7 Å². The van der Waals surface area contributed by atoms with Crippen molar-refractivity contribution >= 4 is 21.7 Å². The monoisotopic (exact) mass is 422 g/mol. The Labute approximate surface area is 186 Å². The van der Waals surface area contributed by atoms with Gasteiger partial charge in [0.15, 0.2) is 0 Å². The number of nitrogens with zero attached hydrogens (tertiary/aromatic N) is 4. The number of hydrogen-bond donors (Lipinski definition) is 0. The maximum absolute atomic E-state index is 13.7. The van der Waals surface area contributed by atoms with Gasteiger partial charge in [-0.1, -0.05) is 62.4 Å². The standard InChI is InChI=1S/C27H26N4O/c1-17(2)25-24-15-28-31(22-13-12-18(3)19(4)14-22)26(24)27(32)30(29-25)16-21-10-7-9-20-8-5-6-11-23(20)21/h5-15,17H,16H2,1-4H3. The minimum Gasteiger partial charge on any atom is -0.265 e. The molecule has 0 radical (unpaired) electrons. The van der Waals surface area contributed by atoms with Crippen molar-refractivity contribution in [1.29, 1.82) is 0 Å². The quantitative estimate of drug-likeness (QED) is 0.383. The Balaban J connectivity index is 1.74. The summed E-state index contributed by atoms with van der Waals surface area (Å²) in [5.41, 5.74) is 5.67. The van der Waals surface area contributed by atoms with Crippen LogP contribution in [0.5, 0.6) is 0 Å². The van der Waals surface area contributed by atoms with Gasteiger partial charge in [0.2, 0.25) is 0 Å². The molecule has 5 heteroatoms. The number of aromatic nitrogens is 4. The van der Waals surface area contributed by atoms with Gasteiger partial charge >= 0.3 is 0 Å². The van der Waals surface area contributed by atoms with E-state index in [9.17, 15) is 4.79 Å². The number of aryl methyl sites for hydroxylation is 2. The molecule has 0 atom stereocenters. The first kappa shape index (κ1) is 20.2. The molecule has 0 aliphatic heterocycles. The van der Waals surface area contributed by atoms with Crippen molar-refractivity contribution in [3.05, 3.63) is 99.6 Å². The zero-order valence-corrected chi connectivity index (χ0v) is 18.8. The Morgan fingerprint density at radius 3 is 2.47 bits per heavy atom. The molecule has 32 heavy (non-hydrogen) atoms. The third-order valence-electron chi connectivity index (χ3n) is 6.19. The summed E-state index contributed by atoms with van der Waals surface area (Å²) in [6.07, 6.45) is 1.77. The van der Waals surface area contributed by atoms with Crippen molar-refractivity contribution < 1.29 is 0 Å². The van der Waals surface area contributed by atoms with E-state index in [4.69, 9.17) is 5.10 Å². The fraction of sp³-hybridized carbons (Fsp3) is 0.222. The maximum Gasteiger partial charge on any atom is 0.293 e. The molecule has 0 bridgehead atoms. The molecule has 0 aliphatic carbocycles. The lowest BCUT2D eigenvalue weighted by Crippen LogP contribution is -2.27. The van der Waals surface area contributed by atoms with Crippen LogP contribution in [0.2, 0.25) is 0 Å². The highest BCUT2D eigenvalue weighted by Gasteiger charge is 2.19. The van der Waals surface area contributed by atoms with Crippen molar-refractivity contribution in [3.8, 4) is 5.69 Å². The molecule has 0 saturated carbocycles. The highest BCUT2D eigenvalue weighted by atomic mass is 16.1. The molecule has 5 rings (SSSR count). The second-order valence-corrected chi connectivity index (χ2v) is 8.73. The molecule has 2 aromatic heterocycles. The Kier molecular flexibility index (Phi) is 4.89. The highest BCUT2D eigenvalue weighted by Crippen LogP contribution is 2.25. The van der Waals surface area contributed by atoms with E-state index in [0.29, 0.717) is 12.1 Å². The summed E-state index contributed by atoms with van der Waals surface area (Å²) in [5, 5.41) is 12.5. The van der Waals surface area contributed by atoms with Gasteiger partial charge in [0.25, 0.3) is 5.56 Å². The second-order valence-electron chi connectivity index (χ2n) is 8.73. The van der Waals surface area contributed by atoms with E-state index >= 15 is 0 Å². The van der Waals surface area contributed by atoms with Crippen LogP contribution in [-0.2, 0) is 6.54 Å². The average molecular weight is 423 g/mol. The van der Waals surface area contributed by atoms with Gasteiger partial charge in [-0.3, -0.25) is 4.79 Å². The van der Waals surface area contributed by atoms with Gasteiger partial charge in [0.05, 0.1) is 24.1 Å². The summed E-state index contributed by atoms with van der Waals surface area (Å²) in [5.74, 6) is 0.161. The van der Waals surface area contributed by atoms with E-state index in [1.165, 1.54) is 11.1 Å². The maximum atomic E-state index is 13.7. The molecular weight excluding hydrogens is 396 g/mol. The van der Waals surface area contributed by atoms with Gasteiger partial charge in [0.1, 0.15) is 5.52 Å². The Hall–Kier alpha value is -3.73. The smallest absolute Gasteiger partial charge is 0.265 e. The van der Waals surface area contributed by atoms with Crippen LogP contribution in [0.4, 0.5) is 0 Å². The van der Waals surface area contributed by atoms with Gasteiger partial charge < -0.3 is 0 Å². The van der Waals surface area contributed by atoms with Crippen LogP contribution in [0.15, 0.2) is 71.7 Å². The molecule has 0 fully saturated rings. The summed E-state index contributed by atoms with van der Waals surface area (Å²) < 4.78 is 3.36. The normalized spacial score (nSPS) is 11.7. The van der Waals surface area contributed by atoms with Crippen molar-refractivity contribution in [2.24, 2.45) is 0 Å². The van der Waals surface area contributed by atoms with Gasteiger partial charge in [0, 0.05) is 5.39 Å². The molecule has 2 heterocycles. The Morgan fingerprint density at radius 1 is 0.906 bits per heavy atom. The van der Waals surface area contributed by atoms with Crippen LogP contribution in [0.25, 0.3) is 27.4 Å².